The number of amides is 2. The molecule has 0 spiro atoms. The molecule has 0 atom stereocenters. The largest absolute Gasteiger partial charge is 0.497 e. The number of thioether (sulfide) groups is 1. The van der Waals surface area contributed by atoms with E-state index in [9.17, 15) is 9.59 Å². The molecule has 0 aliphatic rings. The smallest absolute Gasteiger partial charge is 0.277 e. The van der Waals surface area contributed by atoms with Gasteiger partial charge in [0.1, 0.15) is 5.75 Å². The molecule has 4 aromatic rings. The number of methoxy groups -OCH3 is 1. The Morgan fingerprint density at radius 3 is 2.63 bits per heavy atom. The second-order valence-corrected chi connectivity index (χ2v) is 8.28. The second kappa shape index (κ2) is 11.8. The van der Waals surface area contributed by atoms with Crippen molar-refractivity contribution in [2.45, 2.75) is 11.6 Å². The van der Waals surface area contributed by atoms with Gasteiger partial charge in [-0.2, -0.15) is 0 Å². The van der Waals surface area contributed by atoms with Crippen molar-refractivity contribution in [3.05, 3.63) is 84.2 Å². The summed E-state index contributed by atoms with van der Waals surface area (Å²) in [5, 5.41) is 13.9. The van der Waals surface area contributed by atoms with E-state index >= 15 is 0 Å². The molecule has 0 aliphatic carbocycles. The van der Waals surface area contributed by atoms with Gasteiger partial charge >= 0.3 is 0 Å². The summed E-state index contributed by atoms with van der Waals surface area (Å²) in [4.78, 5) is 29.3. The molecule has 9 nitrogen and oxygen atoms in total. The van der Waals surface area contributed by atoms with Crippen molar-refractivity contribution in [3.63, 3.8) is 0 Å². The monoisotopic (exact) mass is 489 g/mol. The quantitative estimate of drug-likeness (QED) is 0.323. The molecule has 0 fully saturated rings. The van der Waals surface area contributed by atoms with Gasteiger partial charge in [0.15, 0.2) is 0 Å². The van der Waals surface area contributed by atoms with Crippen LogP contribution in [0.1, 0.15) is 15.9 Å². The predicted octanol–water partition coefficient (Wildman–Crippen LogP) is 3.84. The molecule has 0 saturated heterocycles. The highest BCUT2D eigenvalue weighted by Crippen LogP contribution is 2.23. The van der Waals surface area contributed by atoms with Crippen LogP contribution < -0.4 is 15.4 Å². The molecule has 35 heavy (non-hydrogen) atoms. The van der Waals surface area contributed by atoms with Gasteiger partial charge in [-0.05, 0) is 48.4 Å². The summed E-state index contributed by atoms with van der Waals surface area (Å²) in [5.41, 5.74) is 2.60. The standard InChI is InChI=1S/C25H23N5O4S/c1-33-19-10-8-17(9-11-19)12-14-27-23(32)20-6-2-3-7-21(20)28-22(31)16-35-25-30-29-24(34-25)18-5-4-13-26-15-18/h2-11,13,15H,12,14,16H2,1H3,(H,27,32)(H,28,31). The highest BCUT2D eigenvalue weighted by atomic mass is 32.2. The summed E-state index contributed by atoms with van der Waals surface area (Å²) in [7, 11) is 1.62. The van der Waals surface area contributed by atoms with Crippen molar-refractivity contribution in [1.29, 1.82) is 0 Å². The first-order valence-electron chi connectivity index (χ1n) is 10.8. The minimum Gasteiger partial charge on any atom is -0.497 e. The maximum absolute atomic E-state index is 12.7. The number of benzene rings is 2. The number of carbonyl (C=O) groups is 2. The van der Waals surface area contributed by atoms with Crippen LogP contribution in [-0.4, -0.2) is 46.4 Å². The summed E-state index contributed by atoms with van der Waals surface area (Å²) in [6.45, 7) is 0.458. The third-order valence-corrected chi connectivity index (χ3v) is 5.76. The predicted molar refractivity (Wildman–Crippen MR) is 132 cm³/mol. The van der Waals surface area contributed by atoms with Gasteiger partial charge in [0, 0.05) is 18.9 Å². The molecule has 2 heterocycles. The lowest BCUT2D eigenvalue weighted by Crippen LogP contribution is -2.27. The molecule has 178 valence electrons. The normalized spacial score (nSPS) is 10.5. The lowest BCUT2D eigenvalue weighted by molar-refractivity contribution is -0.113. The zero-order chi connectivity index (χ0) is 24.5. The number of ether oxygens (including phenoxy) is 1. The minimum absolute atomic E-state index is 0.0437. The Balaban J connectivity index is 1.29. The van der Waals surface area contributed by atoms with Crippen LogP contribution in [0.5, 0.6) is 5.75 Å². The summed E-state index contributed by atoms with van der Waals surface area (Å²) in [5.74, 6) is 0.600. The Bertz CT molecular complexity index is 1280. The van der Waals surface area contributed by atoms with Gasteiger partial charge in [0.2, 0.25) is 11.8 Å². The van der Waals surface area contributed by atoms with Crippen LogP contribution in [0.2, 0.25) is 0 Å². The molecule has 2 amide bonds. The van der Waals surface area contributed by atoms with Crippen LogP contribution in [-0.2, 0) is 11.2 Å². The number of nitrogens with zero attached hydrogens (tertiary/aromatic N) is 3. The molecular weight excluding hydrogens is 466 g/mol. The van der Waals surface area contributed by atoms with Gasteiger partial charge in [0.25, 0.3) is 11.1 Å². The molecule has 0 saturated carbocycles. The van der Waals surface area contributed by atoms with Crippen LogP contribution in [0.25, 0.3) is 11.5 Å². The topological polar surface area (TPSA) is 119 Å². The molecule has 2 aromatic carbocycles. The summed E-state index contributed by atoms with van der Waals surface area (Å²) in [6.07, 6.45) is 3.94. The lowest BCUT2D eigenvalue weighted by atomic mass is 10.1. The fraction of sp³-hybridized carbons (Fsp3) is 0.160. The first-order chi connectivity index (χ1) is 17.1. The number of hydrogen-bond acceptors (Lipinski definition) is 8. The van der Waals surface area contributed by atoms with Crippen molar-refractivity contribution in [2.75, 3.05) is 24.7 Å². The zero-order valence-corrected chi connectivity index (χ0v) is 19.7. The van der Waals surface area contributed by atoms with E-state index in [4.69, 9.17) is 9.15 Å². The minimum atomic E-state index is -0.297. The van der Waals surface area contributed by atoms with Crippen molar-refractivity contribution >= 4 is 29.3 Å². The third-order valence-electron chi connectivity index (χ3n) is 4.95. The molecule has 0 bridgehead atoms. The number of hydrogen-bond donors (Lipinski definition) is 2. The van der Waals surface area contributed by atoms with Gasteiger partial charge in [-0.25, -0.2) is 0 Å². The number of carbonyl (C=O) groups excluding carboxylic acids is 2. The van der Waals surface area contributed by atoms with Crippen LogP contribution in [0.3, 0.4) is 0 Å². The van der Waals surface area contributed by atoms with Crippen LogP contribution >= 0.6 is 11.8 Å². The van der Waals surface area contributed by atoms with Crippen molar-refractivity contribution in [1.82, 2.24) is 20.5 Å². The summed E-state index contributed by atoms with van der Waals surface area (Å²) >= 11 is 1.11. The van der Waals surface area contributed by atoms with E-state index in [1.165, 1.54) is 0 Å². The van der Waals surface area contributed by atoms with Crippen LogP contribution in [0.4, 0.5) is 5.69 Å². The van der Waals surface area contributed by atoms with E-state index in [-0.39, 0.29) is 22.8 Å². The number of anilines is 1. The van der Waals surface area contributed by atoms with E-state index in [0.717, 1.165) is 23.1 Å². The van der Waals surface area contributed by atoms with Crippen molar-refractivity contribution < 1.29 is 18.7 Å². The number of aromatic nitrogens is 3. The number of para-hydroxylation sites is 1. The Kier molecular flexibility index (Phi) is 8.08. The molecule has 2 N–H and O–H groups in total. The molecule has 0 unspecified atom stereocenters. The molecule has 10 heteroatoms. The average Bonchev–Trinajstić information content (AvgIpc) is 3.38. The zero-order valence-electron chi connectivity index (χ0n) is 18.9. The molecular formula is C25H23N5O4S. The number of rotatable bonds is 10. The van der Waals surface area contributed by atoms with E-state index in [2.05, 4.69) is 25.8 Å². The highest BCUT2D eigenvalue weighted by Gasteiger charge is 2.15. The van der Waals surface area contributed by atoms with Gasteiger partial charge in [-0.1, -0.05) is 36.0 Å². The molecule has 4 rings (SSSR count). The summed E-state index contributed by atoms with van der Waals surface area (Å²) < 4.78 is 10.7. The van der Waals surface area contributed by atoms with Gasteiger partial charge in [-0.3, -0.25) is 14.6 Å². The van der Waals surface area contributed by atoms with E-state index < -0.39 is 0 Å². The number of nitrogens with one attached hydrogen (secondary N) is 2. The fourth-order valence-electron chi connectivity index (χ4n) is 3.19. The fourth-order valence-corrected chi connectivity index (χ4v) is 3.75. The van der Waals surface area contributed by atoms with Gasteiger partial charge < -0.3 is 19.8 Å². The Hall–Kier alpha value is -4.18. The van der Waals surface area contributed by atoms with Gasteiger partial charge in [0.05, 0.1) is 29.7 Å². The van der Waals surface area contributed by atoms with Gasteiger partial charge in [-0.15, -0.1) is 10.2 Å². The lowest BCUT2D eigenvalue weighted by Gasteiger charge is -2.11. The van der Waals surface area contributed by atoms with Crippen molar-refractivity contribution in [2.24, 2.45) is 0 Å². The van der Waals surface area contributed by atoms with Crippen LogP contribution in [0.15, 0.2) is 82.7 Å². The van der Waals surface area contributed by atoms with E-state index in [1.807, 2.05) is 24.3 Å². The molecule has 2 aromatic heterocycles. The third kappa shape index (κ3) is 6.67. The van der Waals surface area contributed by atoms with E-state index in [0.29, 0.717) is 35.7 Å². The van der Waals surface area contributed by atoms with Crippen LogP contribution in [0, 0.1) is 0 Å². The maximum atomic E-state index is 12.7. The molecule has 0 radical (unpaired) electrons. The highest BCUT2D eigenvalue weighted by molar-refractivity contribution is 7.99. The maximum Gasteiger partial charge on any atom is 0.277 e. The first-order valence-corrected chi connectivity index (χ1v) is 11.8. The second-order valence-electron chi connectivity index (χ2n) is 7.35. The Labute approximate surface area is 206 Å². The van der Waals surface area contributed by atoms with E-state index in [1.54, 1.807) is 55.9 Å². The first kappa shape index (κ1) is 24.0. The Morgan fingerprint density at radius 1 is 1.03 bits per heavy atom. The SMILES string of the molecule is COc1ccc(CCNC(=O)c2ccccc2NC(=O)CSc2nnc(-c3cccnc3)o2)cc1. The van der Waals surface area contributed by atoms with Crippen molar-refractivity contribution in [3.8, 4) is 17.2 Å². The average molecular weight is 490 g/mol. The summed E-state index contributed by atoms with van der Waals surface area (Å²) in [6, 6.07) is 18.1. The number of pyridine rings is 1. The Morgan fingerprint density at radius 2 is 1.86 bits per heavy atom. The molecule has 0 aliphatic heterocycles.